The van der Waals surface area contributed by atoms with E-state index in [9.17, 15) is 14.4 Å². The van der Waals surface area contributed by atoms with E-state index in [1.165, 1.54) is 6.92 Å². The van der Waals surface area contributed by atoms with Crippen LogP contribution in [-0.2, 0) is 23.9 Å². The highest BCUT2D eigenvalue weighted by Gasteiger charge is 2.29. The normalized spacial score (nSPS) is 15.2. The molecule has 0 saturated carbocycles. The number of benzene rings is 1. The van der Waals surface area contributed by atoms with Gasteiger partial charge in [-0.25, -0.2) is 4.79 Å². The number of carbonyl (C=O) groups excluding carboxylic acids is 3. The number of carbonyl (C=O) groups is 3. The number of hydrogen-bond donors (Lipinski definition) is 0. The molecule has 1 fully saturated rings. The van der Waals surface area contributed by atoms with Crippen LogP contribution in [0.25, 0.3) is 0 Å². The lowest BCUT2D eigenvalue weighted by molar-refractivity contribution is -0.158. The molecule has 8 nitrogen and oxygen atoms in total. The number of likely N-dealkylation sites (tertiary alicyclic amines) is 1. The zero-order valence-electron chi connectivity index (χ0n) is 16.1. The molecule has 2 rings (SSSR count). The Bertz CT molecular complexity index is 732. The molecule has 1 atom stereocenters. The maximum atomic E-state index is 12.2. The topological polar surface area (TPSA) is 106 Å². The van der Waals surface area contributed by atoms with Gasteiger partial charge in [-0.05, 0) is 51.0 Å². The van der Waals surface area contributed by atoms with Crippen LogP contribution in [0.2, 0.25) is 0 Å². The van der Waals surface area contributed by atoms with E-state index in [2.05, 4.69) is 0 Å². The van der Waals surface area contributed by atoms with Crippen molar-refractivity contribution in [2.75, 3.05) is 26.3 Å². The highest BCUT2D eigenvalue weighted by Crippen LogP contribution is 2.19. The maximum absolute atomic E-state index is 12.2. The summed E-state index contributed by atoms with van der Waals surface area (Å²) >= 11 is 0. The van der Waals surface area contributed by atoms with Gasteiger partial charge in [0, 0.05) is 13.1 Å². The molecule has 0 unspecified atom stereocenters. The van der Waals surface area contributed by atoms with Gasteiger partial charge in [-0.2, -0.15) is 5.26 Å². The van der Waals surface area contributed by atoms with Crippen molar-refractivity contribution in [3.8, 4) is 11.8 Å². The number of esters is 2. The molecule has 1 saturated heterocycles. The fraction of sp³-hybridized carbons (Fsp3) is 0.500. The smallest absolute Gasteiger partial charge is 0.347 e. The molecule has 0 spiro atoms. The summed E-state index contributed by atoms with van der Waals surface area (Å²) in [6.07, 6.45) is 0.184. The van der Waals surface area contributed by atoms with Crippen molar-refractivity contribution in [3.63, 3.8) is 0 Å². The Hall–Kier alpha value is -3.08. The average Bonchev–Trinajstić information content (AvgIpc) is 2.72. The Balaban J connectivity index is 1.73. The van der Waals surface area contributed by atoms with Crippen LogP contribution in [-0.4, -0.2) is 55.2 Å². The molecule has 0 aliphatic carbocycles. The first-order valence-electron chi connectivity index (χ1n) is 9.22. The Morgan fingerprint density at radius 1 is 1.18 bits per heavy atom. The molecule has 150 valence electrons. The lowest BCUT2D eigenvalue weighted by Gasteiger charge is -2.30. The number of hydrogen-bond acceptors (Lipinski definition) is 7. The Labute approximate surface area is 164 Å². The van der Waals surface area contributed by atoms with Gasteiger partial charge >= 0.3 is 11.9 Å². The minimum atomic E-state index is -0.893. The standard InChI is InChI=1S/C20H24N2O6/c1-3-26-20(25)16-8-10-22(11-9-16)18(23)13-27-19(24)14(2)28-17-6-4-15(12-21)5-7-17/h4-7,14,16H,3,8-11,13H2,1-2H3/t14-/m0/s1. The number of nitriles is 1. The molecule has 0 radical (unpaired) electrons. The summed E-state index contributed by atoms with van der Waals surface area (Å²) in [7, 11) is 0. The summed E-state index contributed by atoms with van der Waals surface area (Å²) in [5, 5.41) is 8.77. The largest absolute Gasteiger partial charge is 0.479 e. The maximum Gasteiger partial charge on any atom is 0.347 e. The van der Waals surface area contributed by atoms with Gasteiger partial charge in [-0.15, -0.1) is 0 Å². The van der Waals surface area contributed by atoms with Gasteiger partial charge in [-0.1, -0.05) is 0 Å². The van der Waals surface area contributed by atoms with Crippen molar-refractivity contribution in [1.82, 2.24) is 4.90 Å². The molecule has 1 heterocycles. The summed E-state index contributed by atoms with van der Waals surface area (Å²) in [5.74, 6) is -0.946. The number of amides is 1. The number of ether oxygens (including phenoxy) is 3. The highest BCUT2D eigenvalue weighted by molar-refractivity contribution is 5.82. The lowest BCUT2D eigenvalue weighted by Crippen LogP contribution is -2.43. The fourth-order valence-corrected chi connectivity index (χ4v) is 2.83. The van der Waals surface area contributed by atoms with Gasteiger partial charge in [0.1, 0.15) is 5.75 Å². The van der Waals surface area contributed by atoms with Gasteiger partial charge in [-0.3, -0.25) is 9.59 Å². The van der Waals surface area contributed by atoms with Gasteiger partial charge < -0.3 is 19.1 Å². The van der Waals surface area contributed by atoms with Crippen molar-refractivity contribution in [3.05, 3.63) is 29.8 Å². The molecular weight excluding hydrogens is 364 g/mol. The molecule has 1 aromatic rings. The van der Waals surface area contributed by atoms with Crippen molar-refractivity contribution >= 4 is 17.8 Å². The third-order valence-electron chi connectivity index (χ3n) is 4.43. The van der Waals surface area contributed by atoms with Crippen LogP contribution < -0.4 is 4.74 Å². The quantitative estimate of drug-likeness (QED) is 0.654. The lowest BCUT2D eigenvalue weighted by atomic mass is 9.97. The zero-order chi connectivity index (χ0) is 20.5. The Kier molecular flexibility index (Phi) is 7.81. The molecule has 8 heteroatoms. The SMILES string of the molecule is CCOC(=O)C1CCN(C(=O)COC(=O)[C@H](C)Oc2ccc(C#N)cc2)CC1. The second kappa shape index (κ2) is 10.3. The van der Waals surface area contributed by atoms with E-state index in [1.807, 2.05) is 6.07 Å². The minimum Gasteiger partial charge on any atom is -0.479 e. The summed E-state index contributed by atoms with van der Waals surface area (Å²) in [5.41, 5.74) is 0.486. The van der Waals surface area contributed by atoms with E-state index in [0.29, 0.717) is 43.9 Å². The highest BCUT2D eigenvalue weighted by atomic mass is 16.6. The van der Waals surface area contributed by atoms with E-state index in [1.54, 1.807) is 36.1 Å². The monoisotopic (exact) mass is 388 g/mol. The van der Waals surface area contributed by atoms with Gasteiger partial charge in [0.2, 0.25) is 0 Å². The third kappa shape index (κ3) is 5.98. The molecule has 0 N–H and O–H groups in total. The van der Waals surface area contributed by atoms with Crippen LogP contribution in [0.1, 0.15) is 32.3 Å². The van der Waals surface area contributed by atoms with Crippen LogP contribution in [0.5, 0.6) is 5.75 Å². The molecule has 0 aromatic heterocycles. The zero-order valence-corrected chi connectivity index (χ0v) is 16.1. The molecule has 0 bridgehead atoms. The van der Waals surface area contributed by atoms with Gasteiger partial charge in [0.15, 0.2) is 12.7 Å². The summed E-state index contributed by atoms with van der Waals surface area (Å²) in [4.78, 5) is 37.6. The van der Waals surface area contributed by atoms with E-state index in [0.717, 1.165) is 0 Å². The second-order valence-corrected chi connectivity index (χ2v) is 6.41. The second-order valence-electron chi connectivity index (χ2n) is 6.41. The van der Waals surface area contributed by atoms with Crippen LogP contribution >= 0.6 is 0 Å². The average molecular weight is 388 g/mol. The van der Waals surface area contributed by atoms with Crippen LogP contribution in [0.4, 0.5) is 0 Å². The third-order valence-corrected chi connectivity index (χ3v) is 4.43. The van der Waals surface area contributed by atoms with Gasteiger partial charge in [0.05, 0.1) is 24.2 Å². The first kappa shape index (κ1) is 21.2. The van der Waals surface area contributed by atoms with Crippen molar-refractivity contribution in [2.45, 2.75) is 32.8 Å². The molecule has 1 amide bonds. The Morgan fingerprint density at radius 3 is 2.39 bits per heavy atom. The van der Waals surface area contributed by atoms with E-state index >= 15 is 0 Å². The van der Waals surface area contributed by atoms with E-state index in [-0.39, 0.29) is 24.4 Å². The van der Waals surface area contributed by atoms with Crippen molar-refractivity contribution in [1.29, 1.82) is 5.26 Å². The van der Waals surface area contributed by atoms with Crippen LogP contribution in [0, 0.1) is 17.2 Å². The molecule has 1 aliphatic heterocycles. The molecule has 1 aromatic carbocycles. The molecule has 28 heavy (non-hydrogen) atoms. The number of nitrogens with zero attached hydrogens (tertiary/aromatic N) is 2. The molecular formula is C20H24N2O6. The van der Waals surface area contributed by atoms with Crippen molar-refractivity contribution in [2.24, 2.45) is 5.92 Å². The summed E-state index contributed by atoms with van der Waals surface area (Å²) in [6.45, 7) is 4.11. The minimum absolute atomic E-state index is 0.188. The predicted molar refractivity (Wildman–Crippen MR) is 98.1 cm³/mol. The summed E-state index contributed by atoms with van der Waals surface area (Å²) in [6, 6.07) is 8.32. The van der Waals surface area contributed by atoms with Crippen molar-refractivity contribution < 1.29 is 28.6 Å². The Morgan fingerprint density at radius 2 is 1.82 bits per heavy atom. The number of rotatable bonds is 7. The predicted octanol–water partition coefficient (Wildman–Crippen LogP) is 1.67. The van der Waals surface area contributed by atoms with Crippen LogP contribution in [0.15, 0.2) is 24.3 Å². The van der Waals surface area contributed by atoms with E-state index in [4.69, 9.17) is 19.5 Å². The van der Waals surface area contributed by atoms with Gasteiger partial charge in [0.25, 0.3) is 5.91 Å². The molecule has 1 aliphatic rings. The number of piperidine rings is 1. The van der Waals surface area contributed by atoms with Crippen LogP contribution in [0.3, 0.4) is 0 Å². The summed E-state index contributed by atoms with van der Waals surface area (Å²) < 4.78 is 15.5. The van der Waals surface area contributed by atoms with E-state index < -0.39 is 12.1 Å². The first-order valence-corrected chi connectivity index (χ1v) is 9.22. The fourth-order valence-electron chi connectivity index (χ4n) is 2.83. The first-order chi connectivity index (χ1) is 13.4.